The number of anilines is 1. The van der Waals surface area contributed by atoms with E-state index in [1.54, 1.807) is 23.1 Å². The van der Waals surface area contributed by atoms with Crippen molar-refractivity contribution in [2.45, 2.75) is 24.8 Å². The fraction of sp³-hybridized carbons (Fsp3) is 0.188. The molecule has 4 rings (SSSR count). The van der Waals surface area contributed by atoms with E-state index in [-0.39, 0.29) is 0 Å². The second-order valence-corrected chi connectivity index (χ2v) is 7.46. The average Bonchev–Trinajstić information content (AvgIpc) is 3.07. The van der Waals surface area contributed by atoms with Gasteiger partial charge >= 0.3 is 0 Å². The molecule has 5 nitrogen and oxygen atoms in total. The number of thioether (sulfide) groups is 1. The Bertz CT molecular complexity index is 1020. The van der Waals surface area contributed by atoms with E-state index in [9.17, 15) is 0 Å². The largest absolute Gasteiger partial charge is 0.383 e. The third kappa shape index (κ3) is 2.46. The molecule has 0 fully saturated rings. The van der Waals surface area contributed by atoms with Crippen LogP contribution in [0.5, 0.6) is 0 Å². The van der Waals surface area contributed by atoms with Gasteiger partial charge in [0.25, 0.3) is 0 Å². The number of hydrogen-bond donors (Lipinski definition) is 1. The highest BCUT2D eigenvalue weighted by Crippen LogP contribution is 2.32. The van der Waals surface area contributed by atoms with Gasteiger partial charge in [0.1, 0.15) is 16.5 Å². The molecular formula is C16H15N5S2. The van der Waals surface area contributed by atoms with Crippen LogP contribution in [-0.2, 0) is 5.75 Å². The molecule has 0 amide bonds. The lowest BCUT2D eigenvalue weighted by molar-refractivity contribution is 0.953. The van der Waals surface area contributed by atoms with Gasteiger partial charge in [-0.15, -0.1) is 11.3 Å². The lowest BCUT2D eigenvalue weighted by Gasteiger charge is -2.03. The number of thiophene rings is 1. The summed E-state index contributed by atoms with van der Waals surface area (Å²) in [4.78, 5) is 15.8. The van der Waals surface area contributed by atoms with Crippen LogP contribution in [0, 0.1) is 13.8 Å². The number of pyridine rings is 1. The van der Waals surface area contributed by atoms with Crippen LogP contribution in [0.25, 0.3) is 15.7 Å². The van der Waals surface area contributed by atoms with E-state index in [0.29, 0.717) is 11.6 Å². The molecule has 4 aromatic rings. The van der Waals surface area contributed by atoms with Crippen molar-refractivity contribution in [3.05, 3.63) is 46.9 Å². The van der Waals surface area contributed by atoms with Gasteiger partial charge in [-0.3, -0.25) is 4.40 Å². The fourth-order valence-corrected chi connectivity index (χ4v) is 4.42. The van der Waals surface area contributed by atoms with Crippen LogP contribution >= 0.6 is 23.1 Å². The molecule has 0 aliphatic carbocycles. The van der Waals surface area contributed by atoms with Gasteiger partial charge in [-0.25, -0.2) is 15.0 Å². The van der Waals surface area contributed by atoms with Crippen LogP contribution in [0.1, 0.15) is 16.3 Å². The first kappa shape index (κ1) is 14.5. The van der Waals surface area contributed by atoms with Gasteiger partial charge < -0.3 is 5.73 Å². The topological polar surface area (TPSA) is 69.1 Å². The van der Waals surface area contributed by atoms with Crippen molar-refractivity contribution in [3.8, 4) is 0 Å². The van der Waals surface area contributed by atoms with Crippen molar-refractivity contribution in [1.82, 2.24) is 19.4 Å². The predicted octanol–water partition coefficient (Wildman–Crippen LogP) is 3.83. The molecule has 0 aliphatic rings. The number of imidazole rings is 1. The third-order valence-electron chi connectivity index (χ3n) is 3.84. The van der Waals surface area contributed by atoms with Crippen molar-refractivity contribution < 1.29 is 0 Å². The predicted molar refractivity (Wildman–Crippen MR) is 96.1 cm³/mol. The number of aryl methyl sites for hydroxylation is 2. The summed E-state index contributed by atoms with van der Waals surface area (Å²) < 4.78 is 2.06. The molecule has 116 valence electrons. The number of nitrogens with zero attached hydrogens (tertiary/aromatic N) is 4. The Morgan fingerprint density at radius 1 is 1.26 bits per heavy atom. The minimum Gasteiger partial charge on any atom is -0.383 e. The second kappa shape index (κ2) is 5.50. The van der Waals surface area contributed by atoms with Gasteiger partial charge in [0.15, 0.2) is 5.16 Å². The standard InChI is InChI=1S/C16H15N5S2/c1-9-10(2)23-15-13(9)14(17)19-12(20-15)8-22-16-18-7-11-5-3-4-6-21(11)16/h3-7H,8H2,1-2H3,(H2,17,19,20). The summed E-state index contributed by atoms with van der Waals surface area (Å²) in [6.45, 7) is 4.16. The highest BCUT2D eigenvalue weighted by molar-refractivity contribution is 7.98. The molecule has 23 heavy (non-hydrogen) atoms. The molecule has 0 aliphatic heterocycles. The molecule has 0 bridgehead atoms. The molecule has 0 spiro atoms. The van der Waals surface area contributed by atoms with Gasteiger partial charge in [-0.2, -0.15) is 0 Å². The molecule has 2 N–H and O–H groups in total. The van der Waals surface area contributed by atoms with E-state index >= 15 is 0 Å². The van der Waals surface area contributed by atoms with Crippen LogP contribution in [0.4, 0.5) is 5.82 Å². The van der Waals surface area contributed by atoms with Crippen LogP contribution in [0.2, 0.25) is 0 Å². The summed E-state index contributed by atoms with van der Waals surface area (Å²) >= 11 is 3.29. The molecule has 0 radical (unpaired) electrons. The Kier molecular flexibility index (Phi) is 3.46. The number of fused-ring (bicyclic) bond motifs is 2. The molecule has 0 unspecified atom stereocenters. The number of nitrogens with two attached hydrogens (primary N) is 1. The number of aromatic nitrogens is 4. The van der Waals surface area contributed by atoms with Crippen LogP contribution in [0.3, 0.4) is 0 Å². The van der Waals surface area contributed by atoms with Crippen molar-refractivity contribution in [2.75, 3.05) is 5.73 Å². The van der Waals surface area contributed by atoms with Crippen molar-refractivity contribution in [3.63, 3.8) is 0 Å². The van der Waals surface area contributed by atoms with Crippen LogP contribution in [-0.4, -0.2) is 19.4 Å². The van der Waals surface area contributed by atoms with Gasteiger partial charge in [0, 0.05) is 11.1 Å². The second-order valence-electron chi connectivity index (χ2n) is 5.31. The molecule has 0 atom stereocenters. The number of rotatable bonds is 3. The lowest BCUT2D eigenvalue weighted by atomic mass is 10.2. The molecule has 0 saturated carbocycles. The van der Waals surface area contributed by atoms with E-state index in [0.717, 1.165) is 26.7 Å². The number of hydrogen-bond acceptors (Lipinski definition) is 6. The maximum Gasteiger partial charge on any atom is 0.173 e. The first-order chi connectivity index (χ1) is 11.1. The van der Waals surface area contributed by atoms with Crippen molar-refractivity contribution in [1.29, 1.82) is 0 Å². The minimum absolute atomic E-state index is 0.570. The fourth-order valence-electron chi connectivity index (χ4n) is 2.55. The number of nitrogen functional groups attached to an aromatic ring is 1. The maximum atomic E-state index is 6.14. The smallest absolute Gasteiger partial charge is 0.173 e. The summed E-state index contributed by atoms with van der Waals surface area (Å²) in [5, 5.41) is 1.92. The lowest BCUT2D eigenvalue weighted by Crippen LogP contribution is -1.99. The molecular weight excluding hydrogens is 326 g/mol. The SMILES string of the molecule is Cc1sc2nc(CSc3ncc4ccccn34)nc(N)c2c1C. The van der Waals surface area contributed by atoms with E-state index in [1.165, 1.54) is 10.4 Å². The molecule has 4 aromatic heterocycles. The molecule has 7 heteroatoms. The summed E-state index contributed by atoms with van der Waals surface area (Å²) in [5.74, 6) is 1.96. The monoisotopic (exact) mass is 341 g/mol. The molecule has 0 aromatic carbocycles. The van der Waals surface area contributed by atoms with Gasteiger partial charge in [0.2, 0.25) is 0 Å². The normalized spacial score (nSPS) is 11.6. The van der Waals surface area contributed by atoms with Gasteiger partial charge in [0.05, 0.1) is 22.9 Å². The van der Waals surface area contributed by atoms with E-state index < -0.39 is 0 Å². The van der Waals surface area contributed by atoms with Crippen LogP contribution in [0.15, 0.2) is 35.7 Å². The third-order valence-corrected chi connectivity index (χ3v) is 5.90. The Labute approximate surface area is 141 Å². The van der Waals surface area contributed by atoms with E-state index in [4.69, 9.17) is 5.73 Å². The Hall–Kier alpha value is -2.12. The highest BCUT2D eigenvalue weighted by atomic mass is 32.2. The zero-order valence-electron chi connectivity index (χ0n) is 12.8. The maximum absolute atomic E-state index is 6.14. The first-order valence-electron chi connectivity index (χ1n) is 7.20. The summed E-state index contributed by atoms with van der Waals surface area (Å²) in [6.07, 6.45) is 3.88. The Morgan fingerprint density at radius 2 is 2.13 bits per heavy atom. The van der Waals surface area contributed by atoms with Crippen LogP contribution < -0.4 is 5.73 Å². The average molecular weight is 341 g/mol. The summed E-state index contributed by atoms with van der Waals surface area (Å²) in [7, 11) is 0. The first-order valence-corrected chi connectivity index (χ1v) is 9.00. The van der Waals surface area contributed by atoms with Gasteiger partial charge in [-0.05, 0) is 31.5 Å². The molecule has 0 saturated heterocycles. The minimum atomic E-state index is 0.570. The quantitative estimate of drug-likeness (QED) is 0.574. The van der Waals surface area contributed by atoms with E-state index in [2.05, 4.69) is 33.2 Å². The molecule has 4 heterocycles. The Morgan fingerprint density at radius 3 is 3.00 bits per heavy atom. The zero-order valence-corrected chi connectivity index (χ0v) is 14.4. The summed E-state index contributed by atoms with van der Waals surface area (Å²) in [5.41, 5.74) is 8.40. The zero-order chi connectivity index (χ0) is 16.0. The van der Waals surface area contributed by atoms with Gasteiger partial charge in [-0.1, -0.05) is 17.8 Å². The van der Waals surface area contributed by atoms with Crippen molar-refractivity contribution in [2.24, 2.45) is 0 Å². The highest BCUT2D eigenvalue weighted by Gasteiger charge is 2.13. The Balaban J connectivity index is 1.65. The summed E-state index contributed by atoms with van der Waals surface area (Å²) in [6, 6.07) is 6.04. The van der Waals surface area contributed by atoms with Crippen molar-refractivity contribution >= 4 is 44.6 Å². The van der Waals surface area contributed by atoms with E-state index in [1.807, 2.05) is 30.6 Å².